The topological polar surface area (TPSA) is 77.8 Å². The molecule has 1 amide bonds. The van der Waals surface area contributed by atoms with E-state index in [9.17, 15) is 27.9 Å². The average molecular weight is 445 g/mol. The molecule has 2 aromatic carbocycles. The third-order valence-electron chi connectivity index (χ3n) is 7.33. The number of carboxylic acid groups (broad SMARTS) is 1. The number of halogens is 3. The Morgan fingerprint density at radius 1 is 0.969 bits per heavy atom. The molecule has 0 aromatic heterocycles. The SMILES string of the molecule is O=C(O)c1ccc(F)c(-c2ccc([C@H]3C(F)(F)C34CCN(C(=O)C3(O)CC3)CC4)cc2)c1. The fraction of sp³-hybridized carbons (Fsp3) is 0.417. The van der Waals surface area contributed by atoms with E-state index in [1.165, 1.54) is 29.2 Å². The molecule has 1 atom stereocenters. The zero-order valence-electron chi connectivity index (χ0n) is 17.2. The van der Waals surface area contributed by atoms with Crippen molar-refractivity contribution in [3.8, 4) is 11.1 Å². The molecule has 168 valence electrons. The van der Waals surface area contributed by atoms with Crippen molar-refractivity contribution >= 4 is 11.9 Å². The number of hydrogen-bond acceptors (Lipinski definition) is 3. The van der Waals surface area contributed by atoms with Crippen molar-refractivity contribution in [2.24, 2.45) is 5.41 Å². The first-order valence-electron chi connectivity index (χ1n) is 10.6. The third kappa shape index (κ3) is 3.03. The number of alkyl halides is 2. The van der Waals surface area contributed by atoms with Gasteiger partial charge in [0.05, 0.1) is 16.9 Å². The van der Waals surface area contributed by atoms with Gasteiger partial charge in [0.25, 0.3) is 11.8 Å². The second kappa shape index (κ2) is 6.81. The smallest absolute Gasteiger partial charge is 0.335 e. The molecule has 2 aliphatic carbocycles. The van der Waals surface area contributed by atoms with Gasteiger partial charge in [0.15, 0.2) is 0 Å². The van der Waals surface area contributed by atoms with Gasteiger partial charge in [-0.15, -0.1) is 0 Å². The van der Waals surface area contributed by atoms with Crippen LogP contribution in [0.2, 0.25) is 0 Å². The van der Waals surface area contributed by atoms with Crippen molar-refractivity contribution in [1.29, 1.82) is 0 Å². The molecule has 2 aromatic rings. The summed E-state index contributed by atoms with van der Waals surface area (Å²) in [6, 6.07) is 9.61. The van der Waals surface area contributed by atoms with Gasteiger partial charge in [-0.25, -0.2) is 18.0 Å². The van der Waals surface area contributed by atoms with Crippen LogP contribution < -0.4 is 0 Å². The van der Waals surface area contributed by atoms with Gasteiger partial charge < -0.3 is 15.1 Å². The van der Waals surface area contributed by atoms with Gasteiger partial charge in [0, 0.05) is 18.7 Å². The number of amides is 1. The van der Waals surface area contributed by atoms with Crippen LogP contribution in [0.15, 0.2) is 42.5 Å². The summed E-state index contributed by atoms with van der Waals surface area (Å²) in [4.78, 5) is 25.0. The lowest BCUT2D eigenvalue weighted by atomic mass is 9.87. The predicted octanol–water partition coefficient (Wildman–Crippen LogP) is 4.06. The summed E-state index contributed by atoms with van der Waals surface area (Å²) in [5, 5.41) is 19.1. The number of piperidine rings is 1. The Morgan fingerprint density at radius 3 is 2.16 bits per heavy atom. The Hall–Kier alpha value is -2.87. The van der Waals surface area contributed by atoms with E-state index in [2.05, 4.69) is 0 Å². The maximum Gasteiger partial charge on any atom is 0.335 e. The number of aromatic carboxylic acids is 1. The van der Waals surface area contributed by atoms with Gasteiger partial charge in [0.1, 0.15) is 11.4 Å². The van der Waals surface area contributed by atoms with Crippen molar-refractivity contribution in [2.75, 3.05) is 13.1 Å². The van der Waals surface area contributed by atoms with E-state index >= 15 is 0 Å². The number of nitrogens with zero attached hydrogens (tertiary/aromatic N) is 1. The molecule has 32 heavy (non-hydrogen) atoms. The monoisotopic (exact) mass is 445 g/mol. The molecule has 1 spiro atoms. The van der Waals surface area contributed by atoms with Crippen LogP contribution in [0.25, 0.3) is 11.1 Å². The van der Waals surface area contributed by atoms with Gasteiger partial charge in [-0.3, -0.25) is 4.79 Å². The second-order valence-electron chi connectivity index (χ2n) is 9.16. The molecule has 8 heteroatoms. The normalized spacial score (nSPS) is 24.2. The quantitative estimate of drug-likeness (QED) is 0.744. The Balaban J connectivity index is 1.34. The van der Waals surface area contributed by atoms with Crippen molar-refractivity contribution in [1.82, 2.24) is 4.90 Å². The zero-order valence-corrected chi connectivity index (χ0v) is 17.2. The van der Waals surface area contributed by atoms with Crippen LogP contribution in [-0.4, -0.2) is 51.6 Å². The molecule has 0 radical (unpaired) electrons. The van der Waals surface area contributed by atoms with Gasteiger partial charge in [0.2, 0.25) is 0 Å². The van der Waals surface area contributed by atoms with E-state index in [0.29, 0.717) is 24.0 Å². The third-order valence-corrected chi connectivity index (χ3v) is 7.33. The molecule has 2 N–H and O–H groups in total. The highest BCUT2D eigenvalue weighted by Crippen LogP contribution is 2.75. The van der Waals surface area contributed by atoms with E-state index in [1.807, 2.05) is 0 Å². The van der Waals surface area contributed by atoms with E-state index in [4.69, 9.17) is 5.11 Å². The number of likely N-dealkylation sites (tertiary alicyclic amines) is 1. The lowest BCUT2D eigenvalue weighted by Gasteiger charge is -2.34. The lowest BCUT2D eigenvalue weighted by molar-refractivity contribution is -0.144. The molecule has 1 aliphatic heterocycles. The van der Waals surface area contributed by atoms with E-state index < -0.39 is 34.6 Å². The Labute approximate surface area is 182 Å². The maximum absolute atomic E-state index is 14.9. The molecule has 0 bridgehead atoms. The van der Waals surface area contributed by atoms with Crippen molar-refractivity contribution < 1.29 is 33.0 Å². The second-order valence-corrected chi connectivity index (χ2v) is 9.16. The predicted molar refractivity (Wildman–Crippen MR) is 109 cm³/mol. The molecule has 3 aliphatic rings. The minimum absolute atomic E-state index is 0.0599. The maximum atomic E-state index is 14.9. The summed E-state index contributed by atoms with van der Waals surface area (Å²) < 4.78 is 44.1. The average Bonchev–Trinajstić information content (AvgIpc) is 3.63. The first kappa shape index (κ1) is 21.0. The summed E-state index contributed by atoms with van der Waals surface area (Å²) in [5.41, 5.74) is -1.63. The lowest BCUT2D eigenvalue weighted by Crippen LogP contribution is -2.46. The highest BCUT2D eigenvalue weighted by atomic mass is 19.3. The highest BCUT2D eigenvalue weighted by molar-refractivity contribution is 5.89. The van der Waals surface area contributed by atoms with Crippen LogP contribution in [0.3, 0.4) is 0 Å². The first-order valence-corrected chi connectivity index (χ1v) is 10.6. The molecule has 0 unspecified atom stereocenters. The van der Waals surface area contributed by atoms with Gasteiger partial charge in [-0.05, 0) is 55.0 Å². The largest absolute Gasteiger partial charge is 0.478 e. The minimum atomic E-state index is -2.91. The number of rotatable bonds is 4. The van der Waals surface area contributed by atoms with Gasteiger partial charge >= 0.3 is 5.97 Å². The first-order chi connectivity index (χ1) is 15.1. The van der Waals surface area contributed by atoms with Crippen LogP contribution >= 0.6 is 0 Å². The molecule has 5 rings (SSSR count). The number of benzene rings is 2. The molecule has 1 heterocycles. The van der Waals surface area contributed by atoms with E-state index in [1.54, 1.807) is 12.1 Å². The molecule has 3 fully saturated rings. The number of aliphatic hydroxyl groups is 1. The summed E-state index contributed by atoms with van der Waals surface area (Å²) >= 11 is 0. The van der Waals surface area contributed by atoms with E-state index in [-0.39, 0.29) is 43.0 Å². The van der Waals surface area contributed by atoms with Crippen LogP contribution in [0, 0.1) is 11.2 Å². The number of carboxylic acids is 1. The summed E-state index contributed by atoms with van der Waals surface area (Å²) in [6.45, 7) is 0.386. The standard InChI is InChI=1S/C24H22F3NO4/c25-18-6-5-16(20(29)30)13-17(18)14-1-3-15(4-2-14)19-22(24(19,26)27)9-11-28(12-10-22)21(31)23(32)7-8-23/h1-6,13,19,32H,7-12H2,(H,29,30)/t19-/m1/s1. The summed E-state index contributed by atoms with van der Waals surface area (Å²) in [5.74, 6) is -6.02. The van der Waals surface area contributed by atoms with E-state index in [0.717, 1.165) is 6.07 Å². The number of carbonyl (C=O) groups excluding carboxylic acids is 1. The molecular weight excluding hydrogens is 423 g/mol. The van der Waals surface area contributed by atoms with Crippen LogP contribution in [-0.2, 0) is 4.79 Å². The van der Waals surface area contributed by atoms with Crippen molar-refractivity contribution in [2.45, 2.75) is 43.1 Å². The van der Waals surface area contributed by atoms with Crippen LogP contribution in [0.5, 0.6) is 0 Å². The zero-order chi connectivity index (χ0) is 22.9. The fourth-order valence-corrected chi connectivity index (χ4v) is 5.13. The van der Waals surface area contributed by atoms with Crippen molar-refractivity contribution in [3.05, 3.63) is 59.4 Å². The number of hydrogen-bond donors (Lipinski definition) is 2. The molecule has 5 nitrogen and oxygen atoms in total. The Morgan fingerprint density at radius 2 is 1.59 bits per heavy atom. The van der Waals surface area contributed by atoms with Crippen molar-refractivity contribution in [3.63, 3.8) is 0 Å². The molecular formula is C24H22F3NO4. The van der Waals surface area contributed by atoms with Gasteiger partial charge in [-0.1, -0.05) is 24.3 Å². The Kier molecular flexibility index (Phi) is 4.47. The summed E-state index contributed by atoms with van der Waals surface area (Å²) in [7, 11) is 0. The highest BCUT2D eigenvalue weighted by Gasteiger charge is 2.80. The number of carbonyl (C=O) groups is 2. The van der Waals surface area contributed by atoms with Crippen LogP contribution in [0.4, 0.5) is 13.2 Å². The molecule has 1 saturated heterocycles. The van der Waals surface area contributed by atoms with Gasteiger partial charge in [-0.2, -0.15) is 0 Å². The van der Waals surface area contributed by atoms with Crippen LogP contribution in [0.1, 0.15) is 47.5 Å². The summed E-state index contributed by atoms with van der Waals surface area (Å²) in [6.07, 6.45) is 1.16. The minimum Gasteiger partial charge on any atom is -0.478 e. The Bertz CT molecular complexity index is 1100. The molecule has 2 saturated carbocycles. The fourth-order valence-electron chi connectivity index (χ4n) is 5.13.